The van der Waals surface area contributed by atoms with Crippen molar-refractivity contribution in [2.24, 2.45) is 5.84 Å². The molecule has 0 aliphatic heterocycles. The number of nitrogens with zero attached hydrogens (tertiary/aromatic N) is 3. The average molecular weight is 294 g/mol. The molecule has 106 valence electrons. The summed E-state index contributed by atoms with van der Waals surface area (Å²) in [6.45, 7) is 3.91. The van der Waals surface area contributed by atoms with Gasteiger partial charge in [0.1, 0.15) is 6.33 Å². The molecule has 0 fully saturated rings. The van der Waals surface area contributed by atoms with Crippen molar-refractivity contribution in [2.45, 2.75) is 19.9 Å². The third-order valence-electron chi connectivity index (χ3n) is 2.68. The van der Waals surface area contributed by atoms with Crippen molar-refractivity contribution in [1.82, 2.24) is 9.97 Å². The third-order valence-corrected chi connectivity index (χ3v) is 3.87. The Hall–Kier alpha value is -2.26. The minimum atomic E-state index is -0.566. The van der Waals surface area contributed by atoms with Gasteiger partial charge in [0, 0.05) is 9.75 Å². The van der Waals surface area contributed by atoms with Crippen LogP contribution in [0, 0.1) is 17.0 Å². The zero-order valence-electron chi connectivity index (χ0n) is 11.0. The molecule has 1 unspecified atom stereocenters. The van der Waals surface area contributed by atoms with E-state index in [4.69, 9.17) is 5.84 Å². The van der Waals surface area contributed by atoms with E-state index in [0.29, 0.717) is 0 Å². The SMILES string of the molecule is Cc1ccc(C(C)Nc2ncnc(NN)c2[N+](=O)[O-])s1. The van der Waals surface area contributed by atoms with Gasteiger partial charge >= 0.3 is 5.69 Å². The van der Waals surface area contributed by atoms with E-state index in [1.165, 1.54) is 11.2 Å². The standard InChI is InChI=1S/C11H14N6O2S/c1-6-3-4-8(20-6)7(2)15-10-9(17(18)19)11(16-12)14-5-13-10/h3-5,7H,12H2,1-2H3,(H2,13,14,15,16). The lowest BCUT2D eigenvalue weighted by molar-refractivity contribution is -0.383. The summed E-state index contributed by atoms with van der Waals surface area (Å²) >= 11 is 1.62. The number of nitrogens with one attached hydrogen (secondary N) is 2. The number of hydrogen-bond acceptors (Lipinski definition) is 8. The molecule has 2 aromatic rings. The minimum Gasteiger partial charge on any atom is -0.357 e. The molecule has 0 aromatic carbocycles. The first-order valence-electron chi connectivity index (χ1n) is 5.81. The predicted octanol–water partition coefficient (Wildman–Crippen LogP) is 2.21. The van der Waals surface area contributed by atoms with E-state index >= 15 is 0 Å². The number of rotatable bonds is 5. The number of anilines is 2. The van der Waals surface area contributed by atoms with E-state index in [0.717, 1.165) is 4.88 Å². The summed E-state index contributed by atoms with van der Waals surface area (Å²) in [6, 6.07) is 3.87. The largest absolute Gasteiger partial charge is 0.357 e. The van der Waals surface area contributed by atoms with Crippen LogP contribution in [0.4, 0.5) is 17.3 Å². The average Bonchev–Trinajstić information content (AvgIpc) is 2.84. The first-order chi connectivity index (χ1) is 9.52. The van der Waals surface area contributed by atoms with Crippen LogP contribution in [0.25, 0.3) is 0 Å². The van der Waals surface area contributed by atoms with Gasteiger partial charge < -0.3 is 10.7 Å². The molecular weight excluding hydrogens is 280 g/mol. The minimum absolute atomic E-state index is 0.0259. The summed E-state index contributed by atoms with van der Waals surface area (Å²) in [6.07, 6.45) is 1.22. The molecule has 20 heavy (non-hydrogen) atoms. The number of thiophene rings is 1. The van der Waals surface area contributed by atoms with E-state index in [1.807, 2.05) is 26.0 Å². The van der Waals surface area contributed by atoms with E-state index in [1.54, 1.807) is 11.3 Å². The smallest absolute Gasteiger partial charge is 0.354 e. The van der Waals surface area contributed by atoms with Gasteiger partial charge in [-0.15, -0.1) is 11.3 Å². The Bertz CT molecular complexity index is 629. The van der Waals surface area contributed by atoms with E-state index in [2.05, 4.69) is 20.7 Å². The molecule has 0 spiro atoms. The fraction of sp³-hybridized carbons (Fsp3) is 0.273. The molecule has 0 saturated carbocycles. The topological polar surface area (TPSA) is 119 Å². The molecule has 2 rings (SSSR count). The van der Waals surface area contributed by atoms with Crippen molar-refractivity contribution in [1.29, 1.82) is 0 Å². The molecule has 2 aromatic heterocycles. The van der Waals surface area contributed by atoms with Crippen molar-refractivity contribution in [3.8, 4) is 0 Å². The van der Waals surface area contributed by atoms with Crippen LogP contribution in [0.2, 0.25) is 0 Å². The number of nitrogens with two attached hydrogens (primary N) is 1. The predicted molar refractivity (Wildman–Crippen MR) is 77.6 cm³/mol. The van der Waals surface area contributed by atoms with Crippen LogP contribution in [-0.4, -0.2) is 14.9 Å². The number of aromatic nitrogens is 2. The van der Waals surface area contributed by atoms with Crippen LogP contribution in [0.15, 0.2) is 18.5 Å². The maximum absolute atomic E-state index is 11.1. The molecule has 0 aliphatic carbocycles. The van der Waals surface area contributed by atoms with Gasteiger partial charge in [-0.3, -0.25) is 10.1 Å². The maximum atomic E-state index is 11.1. The first-order valence-corrected chi connectivity index (χ1v) is 6.63. The number of hydrazine groups is 1. The van der Waals surface area contributed by atoms with Crippen molar-refractivity contribution in [2.75, 3.05) is 10.7 Å². The molecule has 0 aliphatic rings. The van der Waals surface area contributed by atoms with Crippen LogP contribution < -0.4 is 16.6 Å². The van der Waals surface area contributed by atoms with E-state index < -0.39 is 4.92 Å². The van der Waals surface area contributed by atoms with Crippen LogP contribution in [0.5, 0.6) is 0 Å². The second-order valence-electron chi connectivity index (χ2n) is 4.14. The van der Waals surface area contributed by atoms with E-state index in [-0.39, 0.29) is 23.4 Å². The Labute approximate surface area is 119 Å². The van der Waals surface area contributed by atoms with Crippen LogP contribution >= 0.6 is 11.3 Å². The summed E-state index contributed by atoms with van der Waals surface area (Å²) < 4.78 is 0. The summed E-state index contributed by atoms with van der Waals surface area (Å²) in [5.41, 5.74) is 1.94. The van der Waals surface area contributed by atoms with Gasteiger partial charge in [-0.2, -0.15) is 0 Å². The van der Waals surface area contributed by atoms with Gasteiger partial charge in [0.15, 0.2) is 0 Å². The highest BCUT2D eigenvalue weighted by atomic mass is 32.1. The highest BCUT2D eigenvalue weighted by molar-refractivity contribution is 7.12. The third kappa shape index (κ3) is 2.83. The Kier molecular flexibility index (Phi) is 4.11. The summed E-state index contributed by atoms with van der Waals surface area (Å²) in [5, 5.41) is 14.1. The lowest BCUT2D eigenvalue weighted by Crippen LogP contribution is -2.14. The molecule has 4 N–H and O–H groups in total. The van der Waals surface area contributed by atoms with Gasteiger partial charge in [-0.25, -0.2) is 15.8 Å². The number of hydrogen-bond donors (Lipinski definition) is 3. The van der Waals surface area contributed by atoms with E-state index in [9.17, 15) is 10.1 Å². The zero-order chi connectivity index (χ0) is 14.7. The summed E-state index contributed by atoms with van der Waals surface area (Å²) in [7, 11) is 0. The van der Waals surface area contributed by atoms with Crippen LogP contribution in [0.3, 0.4) is 0 Å². The van der Waals surface area contributed by atoms with Crippen molar-refractivity contribution < 1.29 is 4.92 Å². The fourth-order valence-electron chi connectivity index (χ4n) is 1.73. The highest BCUT2D eigenvalue weighted by Crippen LogP contribution is 2.32. The molecule has 1 atom stereocenters. The quantitative estimate of drug-likeness (QED) is 0.439. The number of nitrogen functional groups attached to an aromatic ring is 1. The molecule has 0 saturated heterocycles. The van der Waals surface area contributed by atoms with Gasteiger partial charge in [0.05, 0.1) is 11.0 Å². The fourth-order valence-corrected chi connectivity index (χ4v) is 2.60. The van der Waals surface area contributed by atoms with Gasteiger partial charge in [0.25, 0.3) is 0 Å². The van der Waals surface area contributed by atoms with Gasteiger partial charge in [-0.1, -0.05) is 0 Å². The number of aryl methyl sites for hydroxylation is 1. The Morgan fingerprint density at radius 1 is 1.40 bits per heavy atom. The normalized spacial score (nSPS) is 11.9. The lowest BCUT2D eigenvalue weighted by atomic mass is 10.2. The zero-order valence-corrected chi connectivity index (χ0v) is 11.8. The Morgan fingerprint density at radius 3 is 2.65 bits per heavy atom. The molecular formula is C11H14N6O2S. The van der Waals surface area contributed by atoms with Crippen molar-refractivity contribution in [3.05, 3.63) is 38.3 Å². The molecule has 2 heterocycles. The monoisotopic (exact) mass is 294 g/mol. The molecule has 0 amide bonds. The molecule has 9 heteroatoms. The molecule has 8 nitrogen and oxygen atoms in total. The number of nitro groups is 1. The lowest BCUT2D eigenvalue weighted by Gasteiger charge is -2.13. The van der Waals surface area contributed by atoms with Gasteiger partial charge in [-0.05, 0) is 26.0 Å². The Morgan fingerprint density at radius 2 is 2.10 bits per heavy atom. The molecule has 0 radical (unpaired) electrons. The van der Waals surface area contributed by atoms with Crippen molar-refractivity contribution >= 4 is 28.7 Å². The maximum Gasteiger partial charge on any atom is 0.354 e. The second kappa shape index (κ2) is 5.80. The van der Waals surface area contributed by atoms with Gasteiger partial charge in [0.2, 0.25) is 11.6 Å². The van der Waals surface area contributed by atoms with Crippen molar-refractivity contribution in [3.63, 3.8) is 0 Å². The van der Waals surface area contributed by atoms with Crippen LogP contribution in [0.1, 0.15) is 22.7 Å². The molecule has 0 bridgehead atoms. The Balaban J connectivity index is 2.31. The summed E-state index contributed by atoms with van der Waals surface area (Å²) in [4.78, 5) is 20.5. The van der Waals surface area contributed by atoms with Crippen LogP contribution in [-0.2, 0) is 0 Å². The first kappa shape index (κ1) is 14.2. The summed E-state index contributed by atoms with van der Waals surface area (Å²) in [5.74, 6) is 5.34. The highest BCUT2D eigenvalue weighted by Gasteiger charge is 2.24. The second-order valence-corrected chi connectivity index (χ2v) is 5.45.